The van der Waals surface area contributed by atoms with Gasteiger partial charge in [-0.1, -0.05) is 19.4 Å². The summed E-state index contributed by atoms with van der Waals surface area (Å²) >= 11 is 0. The van der Waals surface area contributed by atoms with Crippen LogP contribution in [0.1, 0.15) is 31.7 Å². The van der Waals surface area contributed by atoms with E-state index in [1.165, 1.54) is 19.3 Å². The average Bonchev–Trinajstić information content (AvgIpc) is 2.39. The Labute approximate surface area is 97.7 Å². The van der Waals surface area contributed by atoms with Crippen LogP contribution in [0.15, 0.2) is 18.3 Å². The number of anilines is 1. The Bertz CT molecular complexity index is 312. The number of rotatable bonds is 3. The van der Waals surface area contributed by atoms with Crippen LogP contribution < -0.4 is 10.6 Å². The molecule has 0 spiro atoms. The maximum atomic E-state index is 5.56. The van der Waals surface area contributed by atoms with Gasteiger partial charge in [0.15, 0.2) is 0 Å². The van der Waals surface area contributed by atoms with Crippen molar-refractivity contribution in [1.82, 2.24) is 4.98 Å². The van der Waals surface area contributed by atoms with Gasteiger partial charge in [-0.15, -0.1) is 0 Å². The highest BCUT2D eigenvalue weighted by molar-refractivity contribution is 5.39. The quantitative estimate of drug-likeness (QED) is 0.847. The van der Waals surface area contributed by atoms with Gasteiger partial charge in [-0.25, -0.2) is 4.98 Å². The highest BCUT2D eigenvalue weighted by Gasteiger charge is 2.18. The number of aromatic nitrogens is 1. The van der Waals surface area contributed by atoms with E-state index in [1.54, 1.807) is 0 Å². The topological polar surface area (TPSA) is 42.1 Å². The fraction of sp³-hybridized carbons (Fsp3) is 0.615. The lowest BCUT2D eigenvalue weighted by atomic mass is 9.94. The Hall–Kier alpha value is -1.09. The van der Waals surface area contributed by atoms with Crippen molar-refractivity contribution in [1.29, 1.82) is 0 Å². The lowest BCUT2D eigenvalue weighted by Crippen LogP contribution is -2.34. The summed E-state index contributed by atoms with van der Waals surface area (Å²) in [5.41, 5.74) is 6.66. The summed E-state index contributed by atoms with van der Waals surface area (Å²) in [4.78, 5) is 6.85. The molecule has 1 aliphatic heterocycles. The van der Waals surface area contributed by atoms with Crippen LogP contribution in [0.3, 0.4) is 0 Å². The Morgan fingerprint density at radius 3 is 2.62 bits per heavy atom. The Balaban J connectivity index is 1.97. The number of nitrogens with zero attached hydrogens (tertiary/aromatic N) is 2. The van der Waals surface area contributed by atoms with Gasteiger partial charge in [-0.05, 0) is 30.4 Å². The van der Waals surface area contributed by atoms with E-state index in [-0.39, 0.29) is 0 Å². The van der Waals surface area contributed by atoms with Crippen LogP contribution >= 0.6 is 0 Å². The first kappa shape index (κ1) is 11.4. The van der Waals surface area contributed by atoms with Crippen molar-refractivity contribution in [3.8, 4) is 0 Å². The minimum atomic E-state index is 0.575. The predicted molar refractivity (Wildman–Crippen MR) is 67.4 cm³/mol. The highest BCUT2D eigenvalue weighted by atomic mass is 15.2. The largest absolute Gasteiger partial charge is 0.357 e. The first-order chi connectivity index (χ1) is 7.83. The SMILES string of the molecule is CCC1CCN(c2ccc(CN)cn2)CC1. The molecule has 0 bridgehead atoms. The van der Waals surface area contributed by atoms with Crippen molar-refractivity contribution >= 4 is 5.82 Å². The second-order valence-electron chi connectivity index (χ2n) is 4.57. The van der Waals surface area contributed by atoms with E-state index in [2.05, 4.69) is 28.9 Å². The van der Waals surface area contributed by atoms with E-state index in [4.69, 9.17) is 5.73 Å². The Morgan fingerprint density at radius 1 is 1.38 bits per heavy atom. The molecule has 1 aliphatic rings. The molecule has 0 unspecified atom stereocenters. The molecule has 1 fully saturated rings. The molecule has 1 saturated heterocycles. The second-order valence-corrected chi connectivity index (χ2v) is 4.57. The van der Waals surface area contributed by atoms with E-state index in [0.29, 0.717) is 6.54 Å². The summed E-state index contributed by atoms with van der Waals surface area (Å²) < 4.78 is 0. The van der Waals surface area contributed by atoms with Crippen molar-refractivity contribution in [2.75, 3.05) is 18.0 Å². The van der Waals surface area contributed by atoms with Gasteiger partial charge >= 0.3 is 0 Å². The van der Waals surface area contributed by atoms with E-state index in [1.807, 2.05) is 6.20 Å². The summed E-state index contributed by atoms with van der Waals surface area (Å²) in [7, 11) is 0. The van der Waals surface area contributed by atoms with Crippen molar-refractivity contribution in [3.05, 3.63) is 23.9 Å². The molecule has 1 aromatic rings. The first-order valence-corrected chi connectivity index (χ1v) is 6.23. The van der Waals surface area contributed by atoms with Crippen LogP contribution in [0.2, 0.25) is 0 Å². The van der Waals surface area contributed by atoms with Gasteiger partial charge in [-0.3, -0.25) is 0 Å². The number of nitrogens with two attached hydrogens (primary N) is 1. The van der Waals surface area contributed by atoms with E-state index in [9.17, 15) is 0 Å². The molecule has 0 amide bonds. The molecule has 16 heavy (non-hydrogen) atoms. The predicted octanol–water partition coefficient (Wildman–Crippen LogP) is 2.17. The lowest BCUT2D eigenvalue weighted by Gasteiger charge is -2.32. The first-order valence-electron chi connectivity index (χ1n) is 6.23. The van der Waals surface area contributed by atoms with E-state index in [0.717, 1.165) is 30.4 Å². The summed E-state index contributed by atoms with van der Waals surface area (Å²) in [5.74, 6) is 2.02. The monoisotopic (exact) mass is 219 g/mol. The summed E-state index contributed by atoms with van der Waals surface area (Å²) in [6.07, 6.45) is 5.81. The van der Waals surface area contributed by atoms with Crippen LogP contribution in [-0.4, -0.2) is 18.1 Å². The number of piperidine rings is 1. The van der Waals surface area contributed by atoms with Gasteiger partial charge in [-0.2, -0.15) is 0 Å². The molecular weight excluding hydrogens is 198 g/mol. The maximum Gasteiger partial charge on any atom is 0.128 e. The third-order valence-electron chi connectivity index (χ3n) is 3.56. The summed E-state index contributed by atoms with van der Waals surface area (Å²) in [6, 6.07) is 4.17. The molecule has 2 heterocycles. The average molecular weight is 219 g/mol. The molecule has 0 aromatic carbocycles. The van der Waals surface area contributed by atoms with E-state index >= 15 is 0 Å². The van der Waals surface area contributed by atoms with Crippen LogP contribution in [0, 0.1) is 5.92 Å². The molecule has 0 atom stereocenters. The van der Waals surface area contributed by atoms with Gasteiger partial charge in [0.05, 0.1) is 0 Å². The van der Waals surface area contributed by atoms with Crippen LogP contribution in [0.25, 0.3) is 0 Å². The molecule has 3 nitrogen and oxygen atoms in total. The fourth-order valence-electron chi connectivity index (χ4n) is 2.29. The van der Waals surface area contributed by atoms with Gasteiger partial charge in [0.1, 0.15) is 5.82 Å². The molecule has 1 aromatic heterocycles. The molecule has 0 saturated carbocycles. The smallest absolute Gasteiger partial charge is 0.128 e. The standard InChI is InChI=1S/C13H21N3/c1-2-11-5-7-16(8-6-11)13-4-3-12(9-14)10-15-13/h3-4,10-11H,2,5-9,14H2,1H3. The normalized spacial score (nSPS) is 17.8. The highest BCUT2D eigenvalue weighted by Crippen LogP contribution is 2.23. The lowest BCUT2D eigenvalue weighted by molar-refractivity contribution is 0.394. The van der Waals surface area contributed by atoms with E-state index < -0.39 is 0 Å². The summed E-state index contributed by atoms with van der Waals surface area (Å²) in [5, 5.41) is 0. The minimum absolute atomic E-state index is 0.575. The maximum absolute atomic E-state index is 5.56. The van der Waals surface area contributed by atoms with Crippen molar-refractivity contribution in [2.45, 2.75) is 32.7 Å². The van der Waals surface area contributed by atoms with Crippen molar-refractivity contribution in [3.63, 3.8) is 0 Å². The third-order valence-corrected chi connectivity index (χ3v) is 3.56. The Kier molecular flexibility index (Phi) is 3.78. The molecular formula is C13H21N3. The van der Waals surface area contributed by atoms with Crippen molar-refractivity contribution < 1.29 is 0 Å². The van der Waals surface area contributed by atoms with Gasteiger partial charge in [0.25, 0.3) is 0 Å². The van der Waals surface area contributed by atoms with Crippen LogP contribution in [0.4, 0.5) is 5.82 Å². The molecule has 88 valence electrons. The zero-order valence-electron chi connectivity index (χ0n) is 10.0. The second kappa shape index (κ2) is 5.30. The molecule has 2 rings (SSSR count). The molecule has 0 radical (unpaired) electrons. The minimum Gasteiger partial charge on any atom is -0.357 e. The van der Waals surface area contributed by atoms with Gasteiger partial charge < -0.3 is 10.6 Å². The van der Waals surface area contributed by atoms with Gasteiger partial charge in [0.2, 0.25) is 0 Å². The van der Waals surface area contributed by atoms with Gasteiger partial charge in [0, 0.05) is 25.8 Å². The van der Waals surface area contributed by atoms with Crippen LogP contribution in [0.5, 0.6) is 0 Å². The molecule has 0 aliphatic carbocycles. The fourth-order valence-corrected chi connectivity index (χ4v) is 2.29. The Morgan fingerprint density at radius 2 is 2.12 bits per heavy atom. The number of pyridine rings is 1. The third kappa shape index (κ3) is 2.53. The van der Waals surface area contributed by atoms with Crippen LogP contribution in [-0.2, 0) is 6.54 Å². The van der Waals surface area contributed by atoms with Crippen molar-refractivity contribution in [2.24, 2.45) is 11.7 Å². The molecule has 3 heteroatoms. The zero-order valence-corrected chi connectivity index (χ0v) is 10.0. The number of hydrogen-bond donors (Lipinski definition) is 1. The molecule has 2 N–H and O–H groups in total. The zero-order chi connectivity index (χ0) is 11.4. The summed E-state index contributed by atoms with van der Waals surface area (Å²) in [6.45, 7) is 5.15. The number of hydrogen-bond acceptors (Lipinski definition) is 3.